The topological polar surface area (TPSA) is 62.7 Å². The van der Waals surface area contributed by atoms with E-state index in [4.69, 9.17) is 14.8 Å². The molecule has 0 fully saturated rings. The van der Waals surface area contributed by atoms with Crippen molar-refractivity contribution in [1.29, 1.82) is 0 Å². The van der Waals surface area contributed by atoms with Gasteiger partial charge in [0.15, 0.2) is 5.13 Å². The van der Waals surface area contributed by atoms with Crippen LogP contribution < -0.4 is 9.64 Å². The van der Waals surface area contributed by atoms with Crippen LogP contribution in [0.2, 0.25) is 0 Å². The molecule has 5 nitrogen and oxygen atoms in total. The van der Waals surface area contributed by atoms with E-state index in [2.05, 4.69) is 18.7 Å². The van der Waals surface area contributed by atoms with Crippen molar-refractivity contribution in [1.82, 2.24) is 4.98 Å². The molecular weight excluding hydrogens is 312 g/mol. The smallest absolute Gasteiger partial charge is 0.308 e. The van der Waals surface area contributed by atoms with Gasteiger partial charge < -0.3 is 14.7 Å². The van der Waals surface area contributed by atoms with Crippen molar-refractivity contribution < 1.29 is 14.6 Å². The third-order valence-electron chi connectivity index (χ3n) is 3.47. The van der Waals surface area contributed by atoms with E-state index in [-0.39, 0.29) is 6.42 Å². The summed E-state index contributed by atoms with van der Waals surface area (Å²) in [6.07, 6.45) is -0.0124. The molecule has 1 aromatic heterocycles. The zero-order valence-electron chi connectivity index (χ0n) is 13.7. The van der Waals surface area contributed by atoms with Crippen LogP contribution in [-0.2, 0) is 11.2 Å². The van der Waals surface area contributed by atoms with Gasteiger partial charge in [0.1, 0.15) is 5.75 Å². The second-order valence-corrected chi connectivity index (χ2v) is 6.03. The fraction of sp³-hybridized carbons (Fsp3) is 0.412. The molecule has 2 rings (SSSR count). The predicted molar refractivity (Wildman–Crippen MR) is 93.6 cm³/mol. The van der Waals surface area contributed by atoms with Crippen LogP contribution in [0, 0.1) is 0 Å². The Morgan fingerprint density at radius 2 is 1.87 bits per heavy atom. The molecule has 0 aliphatic heterocycles. The number of carboxylic acid groups (broad SMARTS) is 1. The molecule has 0 saturated heterocycles. The molecule has 0 radical (unpaired) electrons. The molecule has 1 N–H and O–H groups in total. The van der Waals surface area contributed by atoms with Gasteiger partial charge in [-0.2, -0.15) is 0 Å². The summed E-state index contributed by atoms with van der Waals surface area (Å²) in [7, 11) is 0. The maximum absolute atomic E-state index is 11.2. The van der Waals surface area contributed by atoms with Crippen LogP contribution in [0.5, 0.6) is 5.75 Å². The fourth-order valence-electron chi connectivity index (χ4n) is 2.33. The van der Waals surface area contributed by atoms with Gasteiger partial charge in [0.25, 0.3) is 0 Å². The number of carbonyl (C=O) groups is 1. The highest BCUT2D eigenvalue weighted by Gasteiger charge is 2.18. The number of hydrogen-bond donors (Lipinski definition) is 1. The first-order valence-electron chi connectivity index (χ1n) is 7.78. The highest BCUT2D eigenvalue weighted by atomic mass is 32.1. The largest absolute Gasteiger partial charge is 0.494 e. The van der Waals surface area contributed by atoms with Crippen LogP contribution in [0.3, 0.4) is 0 Å². The van der Waals surface area contributed by atoms with Gasteiger partial charge in [-0.3, -0.25) is 4.79 Å². The highest BCUT2D eigenvalue weighted by molar-refractivity contribution is 7.16. The summed E-state index contributed by atoms with van der Waals surface area (Å²) < 4.78 is 5.45. The minimum Gasteiger partial charge on any atom is -0.494 e. The number of thiazole rings is 1. The van der Waals surface area contributed by atoms with E-state index in [1.165, 1.54) is 11.3 Å². The molecule has 23 heavy (non-hydrogen) atoms. The average Bonchev–Trinajstić information content (AvgIpc) is 2.92. The minimum absolute atomic E-state index is 0.0124. The lowest BCUT2D eigenvalue weighted by Crippen LogP contribution is -2.21. The van der Waals surface area contributed by atoms with Crippen LogP contribution in [0.4, 0.5) is 5.13 Å². The molecule has 0 unspecified atom stereocenters. The summed E-state index contributed by atoms with van der Waals surface area (Å²) in [5, 5.41) is 10.0. The van der Waals surface area contributed by atoms with Crippen molar-refractivity contribution in [3.8, 4) is 17.0 Å². The van der Waals surface area contributed by atoms with Gasteiger partial charge in [0.05, 0.1) is 18.7 Å². The van der Waals surface area contributed by atoms with Gasteiger partial charge in [0.2, 0.25) is 0 Å². The molecule has 0 bridgehead atoms. The van der Waals surface area contributed by atoms with Crippen LogP contribution in [0.1, 0.15) is 25.6 Å². The summed E-state index contributed by atoms with van der Waals surface area (Å²) in [5.74, 6) is -0.0397. The van der Waals surface area contributed by atoms with Crippen molar-refractivity contribution in [3.63, 3.8) is 0 Å². The van der Waals surface area contributed by atoms with E-state index in [1.807, 2.05) is 31.2 Å². The molecule has 1 aromatic carbocycles. The van der Waals surface area contributed by atoms with Crippen LogP contribution in [0.25, 0.3) is 11.3 Å². The number of anilines is 1. The van der Waals surface area contributed by atoms with Gasteiger partial charge in [-0.15, -0.1) is 11.3 Å². The average molecular weight is 334 g/mol. The summed E-state index contributed by atoms with van der Waals surface area (Å²) in [5.41, 5.74) is 1.67. The molecule has 2 aromatic rings. The number of rotatable bonds is 8. The van der Waals surface area contributed by atoms with E-state index < -0.39 is 5.97 Å². The number of aliphatic carboxylic acids is 1. The first-order valence-corrected chi connectivity index (χ1v) is 8.60. The second kappa shape index (κ2) is 7.97. The molecule has 0 atom stereocenters. The van der Waals surface area contributed by atoms with Crippen LogP contribution in [-0.4, -0.2) is 35.8 Å². The number of hydrogen-bond acceptors (Lipinski definition) is 5. The molecule has 6 heteroatoms. The van der Waals surface area contributed by atoms with Crippen molar-refractivity contribution in [2.45, 2.75) is 27.2 Å². The highest BCUT2D eigenvalue weighted by Crippen LogP contribution is 2.34. The third-order valence-corrected chi connectivity index (χ3v) is 4.59. The normalized spacial score (nSPS) is 10.6. The molecular formula is C17H22N2O3S. The summed E-state index contributed by atoms with van der Waals surface area (Å²) >= 11 is 1.46. The van der Waals surface area contributed by atoms with Gasteiger partial charge >= 0.3 is 5.97 Å². The Bertz CT molecular complexity index is 648. The first-order chi connectivity index (χ1) is 11.1. The van der Waals surface area contributed by atoms with E-state index >= 15 is 0 Å². The molecule has 1 heterocycles. The Kier molecular flexibility index (Phi) is 5.98. The van der Waals surface area contributed by atoms with Crippen LogP contribution >= 0.6 is 11.3 Å². The van der Waals surface area contributed by atoms with E-state index in [1.54, 1.807) is 0 Å². The van der Waals surface area contributed by atoms with Crippen molar-refractivity contribution in [2.24, 2.45) is 0 Å². The summed E-state index contributed by atoms with van der Waals surface area (Å²) in [6.45, 7) is 8.39. The molecule has 124 valence electrons. The molecule has 0 amide bonds. The summed E-state index contributed by atoms with van der Waals surface area (Å²) in [6, 6.07) is 7.63. The standard InChI is InChI=1S/C17H22N2O3S/c1-4-19(5-2)17-18-16(14(23-17)11-15(20)21)12-7-9-13(10-8-12)22-6-3/h7-10H,4-6,11H2,1-3H3,(H,20,21). The molecule has 0 saturated carbocycles. The zero-order valence-corrected chi connectivity index (χ0v) is 14.5. The van der Waals surface area contributed by atoms with Gasteiger partial charge in [-0.1, -0.05) is 0 Å². The van der Waals surface area contributed by atoms with E-state index in [0.29, 0.717) is 6.61 Å². The quantitative estimate of drug-likeness (QED) is 0.798. The molecule has 0 aliphatic carbocycles. The molecule has 0 spiro atoms. The number of aromatic nitrogens is 1. The maximum atomic E-state index is 11.2. The Labute approximate surface area is 140 Å². The van der Waals surface area contributed by atoms with Gasteiger partial charge in [-0.05, 0) is 45.0 Å². The van der Waals surface area contributed by atoms with Crippen molar-refractivity contribution in [3.05, 3.63) is 29.1 Å². The Morgan fingerprint density at radius 3 is 2.39 bits per heavy atom. The maximum Gasteiger partial charge on any atom is 0.308 e. The van der Waals surface area contributed by atoms with E-state index in [9.17, 15) is 4.79 Å². The zero-order chi connectivity index (χ0) is 16.8. The third kappa shape index (κ3) is 4.22. The van der Waals surface area contributed by atoms with Crippen molar-refractivity contribution in [2.75, 3.05) is 24.6 Å². The predicted octanol–water partition coefficient (Wildman–Crippen LogP) is 3.68. The number of benzene rings is 1. The monoisotopic (exact) mass is 334 g/mol. The van der Waals surface area contributed by atoms with E-state index in [0.717, 1.165) is 40.1 Å². The minimum atomic E-state index is -0.841. The Hall–Kier alpha value is -2.08. The lowest BCUT2D eigenvalue weighted by Gasteiger charge is -2.16. The van der Waals surface area contributed by atoms with Gasteiger partial charge in [-0.25, -0.2) is 4.98 Å². The lowest BCUT2D eigenvalue weighted by molar-refractivity contribution is -0.136. The van der Waals surface area contributed by atoms with Crippen molar-refractivity contribution >= 4 is 22.4 Å². The number of carboxylic acids is 1. The first kappa shape index (κ1) is 17.3. The Morgan fingerprint density at radius 1 is 1.22 bits per heavy atom. The number of ether oxygens (including phenoxy) is 1. The van der Waals surface area contributed by atoms with Gasteiger partial charge in [0, 0.05) is 23.5 Å². The second-order valence-electron chi connectivity index (χ2n) is 4.97. The number of nitrogens with zero attached hydrogens (tertiary/aromatic N) is 2. The van der Waals surface area contributed by atoms with Crippen LogP contribution in [0.15, 0.2) is 24.3 Å². The SMILES string of the molecule is CCOc1ccc(-c2nc(N(CC)CC)sc2CC(=O)O)cc1. The Balaban J connectivity index is 2.39. The summed E-state index contributed by atoms with van der Waals surface area (Å²) in [4.78, 5) is 18.8. The lowest BCUT2D eigenvalue weighted by atomic mass is 10.1. The fourth-order valence-corrected chi connectivity index (χ4v) is 3.53. The molecule has 0 aliphatic rings.